The van der Waals surface area contributed by atoms with E-state index in [1.165, 1.54) is 0 Å². The largest absolute Gasteiger partial charge is 0.352 e. The van der Waals surface area contributed by atoms with Crippen molar-refractivity contribution in [2.45, 2.75) is 39.3 Å². The Morgan fingerprint density at radius 2 is 2.47 bits per heavy atom. The fourth-order valence-electron chi connectivity index (χ4n) is 1.40. The number of nitrogens with zero attached hydrogens (tertiary/aromatic N) is 2. The summed E-state index contributed by atoms with van der Waals surface area (Å²) in [5, 5.41) is 6.99. The summed E-state index contributed by atoms with van der Waals surface area (Å²) < 4.78 is 2.69. The van der Waals surface area contributed by atoms with Crippen LogP contribution in [-0.2, 0) is 11.3 Å². The molecule has 1 unspecified atom stereocenters. The van der Waals surface area contributed by atoms with Gasteiger partial charge in [-0.2, -0.15) is 5.10 Å². The summed E-state index contributed by atoms with van der Waals surface area (Å²) in [5.74, 6) is 0.0236. The van der Waals surface area contributed by atoms with Gasteiger partial charge in [0.05, 0.1) is 9.77 Å². The molecule has 1 amide bonds. The lowest BCUT2D eigenvalue weighted by atomic mass is 10.2. The summed E-state index contributed by atoms with van der Waals surface area (Å²) >= 11 is 2.17. The molecule has 4 nitrogen and oxygen atoms in total. The summed E-state index contributed by atoms with van der Waals surface area (Å²) in [7, 11) is 0. The van der Waals surface area contributed by atoms with Gasteiger partial charge in [0.25, 0.3) is 0 Å². The van der Waals surface area contributed by atoms with Gasteiger partial charge in [-0.25, -0.2) is 0 Å². The first-order valence-electron chi connectivity index (χ1n) is 5.09. The average Bonchev–Trinajstić information content (AvgIpc) is 2.51. The van der Waals surface area contributed by atoms with Crippen LogP contribution in [-0.4, -0.2) is 21.7 Å². The van der Waals surface area contributed by atoms with Gasteiger partial charge >= 0.3 is 0 Å². The van der Waals surface area contributed by atoms with E-state index in [0.717, 1.165) is 16.4 Å². The third-order valence-electron chi connectivity index (χ3n) is 2.04. The zero-order valence-corrected chi connectivity index (χ0v) is 11.2. The van der Waals surface area contributed by atoms with Crippen LogP contribution in [0.5, 0.6) is 0 Å². The molecule has 1 aromatic heterocycles. The normalized spacial score (nSPS) is 12.5. The first-order valence-corrected chi connectivity index (χ1v) is 6.17. The average molecular weight is 321 g/mol. The van der Waals surface area contributed by atoms with Crippen molar-refractivity contribution in [3.05, 3.63) is 16.0 Å². The number of hydrogen-bond acceptors (Lipinski definition) is 2. The third-order valence-corrected chi connectivity index (χ3v) is 2.59. The van der Waals surface area contributed by atoms with Crippen molar-refractivity contribution in [2.24, 2.45) is 0 Å². The van der Waals surface area contributed by atoms with Crippen LogP contribution < -0.4 is 5.32 Å². The summed E-state index contributed by atoms with van der Waals surface area (Å²) in [6.07, 6.45) is 5.69. The Balaban J connectivity index is 2.36. The van der Waals surface area contributed by atoms with Crippen molar-refractivity contribution < 1.29 is 4.79 Å². The van der Waals surface area contributed by atoms with Crippen LogP contribution in [0.15, 0.2) is 12.4 Å². The molecule has 0 spiro atoms. The lowest BCUT2D eigenvalue weighted by Gasteiger charge is -2.12. The highest BCUT2D eigenvalue weighted by Gasteiger charge is 2.07. The first kappa shape index (κ1) is 12.5. The van der Waals surface area contributed by atoms with Gasteiger partial charge in [0.2, 0.25) is 5.91 Å². The highest BCUT2D eigenvalue weighted by atomic mass is 127. The van der Waals surface area contributed by atoms with Crippen LogP contribution in [0.1, 0.15) is 26.7 Å². The van der Waals surface area contributed by atoms with Gasteiger partial charge in [-0.05, 0) is 35.9 Å². The van der Waals surface area contributed by atoms with E-state index < -0.39 is 0 Å². The summed E-state index contributed by atoms with van der Waals surface area (Å²) in [6, 6.07) is 0.247. The fraction of sp³-hybridized carbons (Fsp3) is 0.600. The molecule has 1 rings (SSSR count). The van der Waals surface area contributed by atoms with Crippen LogP contribution in [0.4, 0.5) is 0 Å². The molecular formula is C10H16IN3O. The number of halogens is 1. The lowest BCUT2D eigenvalue weighted by molar-refractivity contribution is -0.122. The van der Waals surface area contributed by atoms with Crippen LogP contribution in [0.3, 0.4) is 0 Å². The summed E-state index contributed by atoms with van der Waals surface area (Å²) in [5.41, 5.74) is 0. The van der Waals surface area contributed by atoms with Crippen LogP contribution in [0, 0.1) is 3.57 Å². The number of carbonyl (C=O) groups excluding carboxylic acids is 1. The molecule has 1 aromatic rings. The molecule has 1 N–H and O–H groups in total. The van der Waals surface area contributed by atoms with E-state index >= 15 is 0 Å². The molecule has 15 heavy (non-hydrogen) atoms. The van der Waals surface area contributed by atoms with Crippen molar-refractivity contribution in [2.75, 3.05) is 0 Å². The summed E-state index contributed by atoms with van der Waals surface area (Å²) in [4.78, 5) is 11.5. The molecule has 84 valence electrons. The fourth-order valence-corrected chi connectivity index (χ4v) is 1.84. The van der Waals surface area contributed by atoms with E-state index in [1.54, 1.807) is 10.9 Å². The summed E-state index contributed by atoms with van der Waals surface area (Å²) in [6.45, 7) is 4.43. The second kappa shape index (κ2) is 6.09. The SMILES string of the molecule is CCCC(C)NC(=O)Cn1cc(I)cn1. The number of rotatable bonds is 5. The standard InChI is InChI=1S/C10H16IN3O/c1-3-4-8(2)13-10(15)7-14-6-9(11)5-12-14/h5-6,8H,3-4,7H2,1-2H3,(H,13,15). The quantitative estimate of drug-likeness (QED) is 0.841. The Bertz CT molecular complexity index is 324. The second-order valence-electron chi connectivity index (χ2n) is 3.61. The minimum absolute atomic E-state index is 0.0236. The molecule has 0 aliphatic rings. The van der Waals surface area contributed by atoms with E-state index in [1.807, 2.05) is 13.1 Å². The Hall–Kier alpha value is -0.590. The maximum atomic E-state index is 11.5. The molecular weight excluding hydrogens is 305 g/mol. The lowest BCUT2D eigenvalue weighted by Crippen LogP contribution is -2.35. The maximum Gasteiger partial charge on any atom is 0.241 e. The van der Waals surface area contributed by atoms with Gasteiger partial charge in [0.15, 0.2) is 0 Å². The zero-order valence-electron chi connectivity index (χ0n) is 9.03. The molecule has 0 saturated carbocycles. The smallest absolute Gasteiger partial charge is 0.241 e. The molecule has 0 aliphatic carbocycles. The van der Waals surface area contributed by atoms with Crippen LogP contribution in [0.25, 0.3) is 0 Å². The highest BCUT2D eigenvalue weighted by Crippen LogP contribution is 2.01. The molecule has 1 atom stereocenters. The van der Waals surface area contributed by atoms with E-state index in [0.29, 0.717) is 6.54 Å². The number of hydrogen-bond donors (Lipinski definition) is 1. The minimum Gasteiger partial charge on any atom is -0.352 e. The van der Waals surface area contributed by atoms with Crippen LogP contribution in [0.2, 0.25) is 0 Å². The number of aromatic nitrogens is 2. The minimum atomic E-state index is 0.0236. The third kappa shape index (κ3) is 4.63. The molecule has 1 heterocycles. The number of carbonyl (C=O) groups is 1. The molecule has 0 radical (unpaired) electrons. The van der Waals surface area contributed by atoms with E-state index in [4.69, 9.17) is 0 Å². The predicted octanol–water partition coefficient (Wildman–Crippen LogP) is 1.79. The highest BCUT2D eigenvalue weighted by molar-refractivity contribution is 14.1. The Kier molecular flexibility index (Phi) is 5.07. The van der Waals surface area contributed by atoms with Crippen molar-refractivity contribution in [1.29, 1.82) is 0 Å². The van der Waals surface area contributed by atoms with Gasteiger partial charge in [-0.15, -0.1) is 0 Å². The van der Waals surface area contributed by atoms with Crippen molar-refractivity contribution >= 4 is 28.5 Å². The molecule has 0 saturated heterocycles. The van der Waals surface area contributed by atoms with Gasteiger partial charge < -0.3 is 5.32 Å². The van der Waals surface area contributed by atoms with Gasteiger partial charge in [-0.1, -0.05) is 13.3 Å². The monoisotopic (exact) mass is 321 g/mol. The van der Waals surface area contributed by atoms with E-state index in [-0.39, 0.29) is 11.9 Å². The zero-order chi connectivity index (χ0) is 11.3. The number of nitrogens with one attached hydrogen (secondary N) is 1. The van der Waals surface area contributed by atoms with Crippen molar-refractivity contribution in [3.63, 3.8) is 0 Å². The number of amides is 1. The van der Waals surface area contributed by atoms with E-state index in [9.17, 15) is 4.79 Å². The van der Waals surface area contributed by atoms with Gasteiger partial charge in [-0.3, -0.25) is 9.48 Å². The van der Waals surface area contributed by atoms with Gasteiger partial charge in [0.1, 0.15) is 6.54 Å². The second-order valence-corrected chi connectivity index (χ2v) is 4.86. The molecule has 0 fully saturated rings. The molecule has 0 aromatic carbocycles. The van der Waals surface area contributed by atoms with Crippen molar-refractivity contribution in [1.82, 2.24) is 15.1 Å². The first-order chi connectivity index (χ1) is 7.11. The maximum absolute atomic E-state index is 11.5. The van der Waals surface area contributed by atoms with Crippen molar-refractivity contribution in [3.8, 4) is 0 Å². The predicted molar refractivity (Wildman–Crippen MR) is 67.5 cm³/mol. The van der Waals surface area contributed by atoms with E-state index in [2.05, 4.69) is 39.9 Å². The van der Waals surface area contributed by atoms with Gasteiger partial charge in [0, 0.05) is 12.2 Å². The molecule has 0 aliphatic heterocycles. The molecule has 5 heteroatoms. The Morgan fingerprint density at radius 1 is 1.73 bits per heavy atom. The Morgan fingerprint density at radius 3 is 3.00 bits per heavy atom. The topological polar surface area (TPSA) is 46.9 Å². The molecule has 0 bridgehead atoms. The van der Waals surface area contributed by atoms with Crippen LogP contribution >= 0.6 is 22.6 Å². The Labute approximate surface area is 104 Å².